The lowest BCUT2D eigenvalue weighted by atomic mass is 10.0. The van der Waals surface area contributed by atoms with Crippen molar-refractivity contribution in [1.29, 1.82) is 0 Å². The number of carbonyl (C=O) groups excluding carboxylic acids is 1. The Labute approximate surface area is 195 Å². The Kier molecular flexibility index (Phi) is 6.99. The molecule has 10 heteroatoms. The third-order valence-corrected chi connectivity index (χ3v) is 5.98. The number of aliphatic carboxylic acids is 1. The van der Waals surface area contributed by atoms with Crippen LogP contribution in [0.3, 0.4) is 0 Å². The maximum absolute atomic E-state index is 13.3. The number of likely N-dealkylation sites (N-methyl/N-ethyl adjacent to an activating group) is 1. The first-order chi connectivity index (χ1) is 16.3. The lowest BCUT2D eigenvalue weighted by Gasteiger charge is -2.32. The van der Waals surface area contributed by atoms with Gasteiger partial charge in [0.15, 0.2) is 12.2 Å². The topological polar surface area (TPSA) is 136 Å². The number of nitrogens with zero attached hydrogens (tertiary/aromatic N) is 2. The van der Waals surface area contributed by atoms with Crippen LogP contribution in [0.15, 0.2) is 51.7 Å². The maximum atomic E-state index is 13.3. The van der Waals surface area contributed by atoms with E-state index in [-0.39, 0.29) is 18.4 Å². The van der Waals surface area contributed by atoms with Crippen molar-refractivity contribution in [3.05, 3.63) is 64.1 Å². The van der Waals surface area contributed by atoms with E-state index in [4.69, 9.17) is 14.3 Å². The zero-order valence-corrected chi connectivity index (χ0v) is 18.8. The van der Waals surface area contributed by atoms with E-state index in [1.807, 2.05) is 6.07 Å². The molecule has 2 aromatic carbocycles. The van der Waals surface area contributed by atoms with Crippen LogP contribution in [-0.2, 0) is 16.0 Å². The number of carboxylic acids is 1. The van der Waals surface area contributed by atoms with Crippen molar-refractivity contribution in [1.82, 2.24) is 14.8 Å². The number of ether oxygens (including phenoxy) is 1. The Morgan fingerprint density at radius 1 is 1.29 bits per heavy atom. The fourth-order valence-electron chi connectivity index (χ4n) is 4.21. The molecule has 1 aromatic heterocycles. The van der Waals surface area contributed by atoms with E-state index in [1.165, 1.54) is 0 Å². The van der Waals surface area contributed by atoms with Gasteiger partial charge in [-0.1, -0.05) is 18.2 Å². The number of nitrogens with one attached hydrogen (secondary N) is 1. The van der Waals surface area contributed by atoms with E-state index in [1.54, 1.807) is 48.3 Å². The lowest BCUT2D eigenvalue weighted by molar-refractivity contribution is -0.139. The van der Waals surface area contributed by atoms with Crippen molar-refractivity contribution in [2.45, 2.75) is 25.0 Å². The Hall–Kier alpha value is -3.63. The molecule has 1 amide bonds. The van der Waals surface area contributed by atoms with Crippen LogP contribution in [0.1, 0.15) is 23.6 Å². The van der Waals surface area contributed by atoms with Crippen LogP contribution in [0.2, 0.25) is 0 Å². The molecule has 1 aliphatic heterocycles. The molecule has 3 aromatic rings. The van der Waals surface area contributed by atoms with Crippen LogP contribution in [0.4, 0.5) is 0 Å². The summed E-state index contributed by atoms with van der Waals surface area (Å²) in [7, 11) is 1.72. The number of aliphatic hydroxyl groups excluding tert-OH is 1. The number of likely N-dealkylation sites (tertiary alicyclic amines) is 1. The molecule has 0 spiro atoms. The number of H-pyrrole nitrogens is 1. The van der Waals surface area contributed by atoms with Crippen LogP contribution in [0, 0.1) is 0 Å². The highest BCUT2D eigenvalue weighted by molar-refractivity contribution is 5.81. The summed E-state index contributed by atoms with van der Waals surface area (Å²) >= 11 is 0. The molecule has 2 atom stereocenters. The summed E-state index contributed by atoms with van der Waals surface area (Å²) in [4.78, 5) is 41.9. The van der Waals surface area contributed by atoms with Gasteiger partial charge in [0.05, 0.1) is 24.1 Å². The molecule has 1 aliphatic rings. The van der Waals surface area contributed by atoms with Crippen molar-refractivity contribution in [3.63, 3.8) is 0 Å². The number of amides is 1. The number of hydrogen-bond donors (Lipinski definition) is 3. The predicted molar refractivity (Wildman–Crippen MR) is 123 cm³/mol. The highest BCUT2D eigenvalue weighted by Crippen LogP contribution is 2.27. The number of aromatic amines is 1. The molecule has 4 rings (SSSR count). The minimum Gasteiger partial charge on any atom is -0.482 e. The van der Waals surface area contributed by atoms with Gasteiger partial charge in [0.25, 0.3) is 0 Å². The van der Waals surface area contributed by atoms with Crippen molar-refractivity contribution >= 4 is 23.0 Å². The van der Waals surface area contributed by atoms with Crippen LogP contribution in [0.5, 0.6) is 5.75 Å². The van der Waals surface area contributed by atoms with Gasteiger partial charge < -0.3 is 24.3 Å². The van der Waals surface area contributed by atoms with Crippen molar-refractivity contribution in [2.75, 3.05) is 33.3 Å². The van der Waals surface area contributed by atoms with Gasteiger partial charge in [-0.3, -0.25) is 14.7 Å². The van der Waals surface area contributed by atoms with Gasteiger partial charge >= 0.3 is 11.7 Å². The van der Waals surface area contributed by atoms with Gasteiger partial charge in [-0.05, 0) is 41.8 Å². The summed E-state index contributed by atoms with van der Waals surface area (Å²) < 4.78 is 10.3. The highest BCUT2D eigenvalue weighted by Gasteiger charge is 2.28. The molecule has 0 saturated carbocycles. The van der Waals surface area contributed by atoms with E-state index >= 15 is 0 Å². The zero-order valence-electron chi connectivity index (χ0n) is 18.8. The average Bonchev–Trinajstić information content (AvgIpc) is 3.39. The van der Waals surface area contributed by atoms with E-state index in [0.29, 0.717) is 36.4 Å². The van der Waals surface area contributed by atoms with E-state index in [2.05, 4.69) is 9.88 Å². The number of hydrogen-bond acceptors (Lipinski definition) is 7. The van der Waals surface area contributed by atoms with E-state index in [9.17, 15) is 19.5 Å². The normalized spacial score (nSPS) is 17.1. The van der Waals surface area contributed by atoms with Crippen LogP contribution < -0.4 is 10.5 Å². The molecule has 0 aliphatic carbocycles. The summed E-state index contributed by atoms with van der Waals surface area (Å²) in [5.41, 5.74) is 2.49. The first-order valence-corrected chi connectivity index (χ1v) is 11.0. The minimum absolute atomic E-state index is 0.119. The number of β-amino-alcohol motifs (C(OH)–C–C–N with tert-alkyl or cyclic N) is 1. The van der Waals surface area contributed by atoms with Crippen molar-refractivity contribution in [2.24, 2.45) is 0 Å². The summed E-state index contributed by atoms with van der Waals surface area (Å²) in [5.74, 6) is -1.35. The molecule has 34 heavy (non-hydrogen) atoms. The number of aromatic nitrogens is 1. The summed E-state index contributed by atoms with van der Waals surface area (Å²) in [6, 6.07) is 11.8. The van der Waals surface area contributed by atoms with E-state index < -0.39 is 24.4 Å². The van der Waals surface area contributed by atoms with Crippen molar-refractivity contribution < 1.29 is 29.0 Å². The Morgan fingerprint density at radius 3 is 2.85 bits per heavy atom. The van der Waals surface area contributed by atoms with Crippen LogP contribution in [-0.4, -0.2) is 76.3 Å². The zero-order chi connectivity index (χ0) is 24.2. The fraction of sp³-hybridized carbons (Fsp3) is 0.375. The van der Waals surface area contributed by atoms with Crippen LogP contribution in [0.25, 0.3) is 11.1 Å². The SMILES string of the molecule is CN(C(=O)Cc1ccc2oc(=O)[nH]c2c1)C(CN1CC[C@H](O)C1)c1cccc(OCC(=O)O)c1. The summed E-state index contributed by atoms with van der Waals surface area (Å²) in [6.07, 6.45) is 0.402. The van der Waals surface area contributed by atoms with Gasteiger partial charge in [0.2, 0.25) is 5.91 Å². The summed E-state index contributed by atoms with van der Waals surface area (Å²) in [6.45, 7) is 1.30. The molecular weight excluding hydrogens is 442 g/mol. The van der Waals surface area contributed by atoms with Gasteiger partial charge in [-0.15, -0.1) is 0 Å². The highest BCUT2D eigenvalue weighted by atomic mass is 16.5. The van der Waals surface area contributed by atoms with Crippen LogP contribution >= 0.6 is 0 Å². The first-order valence-electron chi connectivity index (χ1n) is 11.0. The molecule has 180 valence electrons. The standard InChI is InChI=1S/C24H27N3O7/c1-26(22(29)10-15-5-6-21-19(9-15)25-24(32)34-21)20(13-27-8-7-17(28)12-27)16-3-2-4-18(11-16)33-14-23(30)31/h2-6,9,11,17,20,28H,7-8,10,12-14H2,1H3,(H,25,32)(H,30,31)/t17-,20?/m0/s1. The Balaban J connectivity index is 1.55. The minimum atomic E-state index is -1.07. The third kappa shape index (κ3) is 5.64. The predicted octanol–water partition coefficient (Wildman–Crippen LogP) is 1.39. The van der Waals surface area contributed by atoms with Crippen molar-refractivity contribution in [3.8, 4) is 5.75 Å². The third-order valence-electron chi connectivity index (χ3n) is 5.98. The van der Waals surface area contributed by atoms with Gasteiger partial charge in [0, 0.05) is 26.7 Å². The van der Waals surface area contributed by atoms with Gasteiger partial charge in [-0.25, -0.2) is 9.59 Å². The fourth-order valence-corrected chi connectivity index (χ4v) is 4.21. The largest absolute Gasteiger partial charge is 0.482 e. The van der Waals surface area contributed by atoms with E-state index in [0.717, 1.165) is 17.7 Å². The molecule has 2 heterocycles. The molecule has 0 bridgehead atoms. The summed E-state index contributed by atoms with van der Waals surface area (Å²) in [5, 5.41) is 18.9. The second-order valence-electron chi connectivity index (χ2n) is 8.50. The first kappa shape index (κ1) is 23.5. The number of rotatable bonds is 9. The van der Waals surface area contributed by atoms with Gasteiger partial charge in [-0.2, -0.15) is 0 Å². The maximum Gasteiger partial charge on any atom is 0.417 e. The molecule has 1 fully saturated rings. The number of benzene rings is 2. The molecular formula is C24H27N3O7. The Bertz CT molecular complexity index is 1230. The smallest absolute Gasteiger partial charge is 0.417 e. The van der Waals surface area contributed by atoms with Gasteiger partial charge in [0.1, 0.15) is 5.75 Å². The number of fused-ring (bicyclic) bond motifs is 1. The molecule has 1 saturated heterocycles. The number of aliphatic hydroxyl groups is 1. The average molecular weight is 469 g/mol. The second-order valence-corrected chi connectivity index (χ2v) is 8.50. The lowest BCUT2D eigenvalue weighted by Crippen LogP contribution is -2.39. The quantitative estimate of drug-likeness (QED) is 0.428. The monoisotopic (exact) mass is 469 g/mol. The molecule has 1 unspecified atom stereocenters. The number of oxazole rings is 1. The molecule has 10 nitrogen and oxygen atoms in total. The second kappa shape index (κ2) is 10.1. The Morgan fingerprint density at radius 2 is 2.12 bits per heavy atom. The molecule has 3 N–H and O–H groups in total. The number of carboxylic acid groups (broad SMARTS) is 1. The molecule has 0 radical (unpaired) electrons. The number of carbonyl (C=O) groups is 2.